The Morgan fingerprint density at radius 3 is 2.62 bits per heavy atom. The highest BCUT2D eigenvalue weighted by Crippen LogP contribution is 2.09. The van der Waals surface area contributed by atoms with Crippen LogP contribution < -0.4 is 16.4 Å². The van der Waals surface area contributed by atoms with Crippen LogP contribution in [0.15, 0.2) is 29.3 Å². The molecule has 7 heteroatoms. The Morgan fingerprint density at radius 1 is 1.29 bits per heavy atom. The number of rotatable bonds is 8. The van der Waals surface area contributed by atoms with Gasteiger partial charge in [0.25, 0.3) is 0 Å². The maximum atomic E-state index is 13.0. The number of benzene rings is 1. The second-order valence-electron chi connectivity index (χ2n) is 6.13. The molecule has 0 saturated heterocycles. The highest BCUT2D eigenvalue weighted by Gasteiger charge is 2.06. The number of carbonyl (C=O) groups is 1. The minimum atomic E-state index is -0.400. The number of anilines is 1. The summed E-state index contributed by atoms with van der Waals surface area (Å²) in [5.74, 6) is 0.201. The second-order valence-corrected chi connectivity index (χ2v) is 6.13. The Labute approximate surface area is 160 Å². The van der Waals surface area contributed by atoms with Crippen LogP contribution in [0, 0.1) is 11.7 Å². The zero-order valence-corrected chi connectivity index (χ0v) is 16.8. The molecule has 1 unspecified atom stereocenters. The molecule has 0 spiro atoms. The molecule has 24 heavy (non-hydrogen) atoms. The lowest BCUT2D eigenvalue weighted by Crippen LogP contribution is -2.39. The number of hydrogen-bond donors (Lipinski definition) is 3. The van der Waals surface area contributed by atoms with Gasteiger partial charge in [-0.3, -0.25) is 4.79 Å². The van der Waals surface area contributed by atoms with E-state index >= 15 is 0 Å². The standard InChI is InChI=1S/C17H27FN4O.HI/c1-12(2)6-4-7-13(3)21-17(19)20-11-16(23)22-15-9-5-8-14(18)10-15;/h5,8-10,12-13H,4,6-7,11H2,1-3H3,(H,22,23)(H3,19,20,21);1H. The van der Waals surface area contributed by atoms with Gasteiger partial charge in [-0.2, -0.15) is 0 Å². The fourth-order valence-electron chi connectivity index (χ4n) is 2.13. The molecule has 1 atom stereocenters. The zero-order chi connectivity index (χ0) is 17.2. The van der Waals surface area contributed by atoms with Gasteiger partial charge in [0.15, 0.2) is 5.96 Å². The molecule has 0 aliphatic carbocycles. The normalized spacial score (nSPS) is 12.5. The van der Waals surface area contributed by atoms with Crippen molar-refractivity contribution in [2.75, 3.05) is 11.9 Å². The van der Waals surface area contributed by atoms with Gasteiger partial charge in [-0.05, 0) is 37.5 Å². The van der Waals surface area contributed by atoms with Crippen LogP contribution >= 0.6 is 24.0 Å². The maximum absolute atomic E-state index is 13.0. The SMILES string of the molecule is CC(C)CCCC(C)NC(N)=NCC(=O)Nc1cccc(F)c1.I. The molecule has 1 rings (SSSR count). The van der Waals surface area contributed by atoms with Crippen molar-refractivity contribution in [1.82, 2.24) is 5.32 Å². The van der Waals surface area contributed by atoms with E-state index in [1.165, 1.54) is 24.6 Å². The lowest BCUT2D eigenvalue weighted by molar-refractivity contribution is -0.114. The number of guanidine groups is 1. The first kappa shape index (κ1) is 22.6. The Hall–Kier alpha value is -1.38. The number of nitrogens with zero attached hydrogens (tertiary/aromatic N) is 1. The van der Waals surface area contributed by atoms with Gasteiger partial charge in [-0.15, -0.1) is 24.0 Å². The summed E-state index contributed by atoms with van der Waals surface area (Å²) >= 11 is 0. The number of carbonyl (C=O) groups excluding carboxylic acids is 1. The third-order valence-electron chi connectivity index (χ3n) is 3.31. The predicted octanol–water partition coefficient (Wildman–Crippen LogP) is 3.50. The molecule has 0 aromatic heterocycles. The summed E-state index contributed by atoms with van der Waals surface area (Å²) in [5.41, 5.74) is 6.17. The third kappa shape index (κ3) is 10.4. The number of halogens is 2. The molecule has 0 heterocycles. The van der Waals surface area contributed by atoms with Gasteiger partial charge in [0.2, 0.25) is 5.91 Å². The molecule has 0 aliphatic heterocycles. The monoisotopic (exact) mass is 450 g/mol. The predicted molar refractivity (Wildman–Crippen MR) is 108 cm³/mol. The molecule has 1 amide bonds. The summed E-state index contributed by atoms with van der Waals surface area (Å²) in [4.78, 5) is 15.7. The van der Waals surface area contributed by atoms with Crippen molar-refractivity contribution in [1.29, 1.82) is 0 Å². The van der Waals surface area contributed by atoms with Crippen molar-refractivity contribution in [3.63, 3.8) is 0 Å². The van der Waals surface area contributed by atoms with Crippen LogP contribution in [0.4, 0.5) is 10.1 Å². The summed E-state index contributed by atoms with van der Waals surface area (Å²) in [7, 11) is 0. The summed E-state index contributed by atoms with van der Waals surface area (Å²) in [6, 6.07) is 5.92. The molecule has 5 nitrogen and oxygen atoms in total. The lowest BCUT2D eigenvalue weighted by Gasteiger charge is -2.15. The van der Waals surface area contributed by atoms with Crippen molar-refractivity contribution in [2.45, 2.75) is 46.1 Å². The third-order valence-corrected chi connectivity index (χ3v) is 3.31. The average molecular weight is 450 g/mol. The molecule has 136 valence electrons. The maximum Gasteiger partial charge on any atom is 0.246 e. The van der Waals surface area contributed by atoms with Crippen LogP contribution in [-0.4, -0.2) is 24.5 Å². The van der Waals surface area contributed by atoms with Crippen molar-refractivity contribution >= 4 is 41.5 Å². The molecule has 1 aromatic carbocycles. The largest absolute Gasteiger partial charge is 0.370 e. The van der Waals surface area contributed by atoms with E-state index in [-0.39, 0.29) is 48.4 Å². The Kier molecular flexibility index (Phi) is 11.4. The molecule has 0 saturated carbocycles. The van der Waals surface area contributed by atoms with Crippen molar-refractivity contribution in [2.24, 2.45) is 16.6 Å². The first-order chi connectivity index (χ1) is 10.9. The molecule has 0 fully saturated rings. The van der Waals surface area contributed by atoms with Crippen LogP contribution in [0.1, 0.15) is 40.0 Å². The van der Waals surface area contributed by atoms with E-state index in [1.807, 2.05) is 6.92 Å². The topological polar surface area (TPSA) is 79.5 Å². The number of aliphatic imine (C=N–C) groups is 1. The summed E-state index contributed by atoms with van der Waals surface area (Å²) in [6.07, 6.45) is 3.31. The van der Waals surface area contributed by atoms with E-state index < -0.39 is 5.82 Å². The lowest BCUT2D eigenvalue weighted by atomic mass is 10.0. The van der Waals surface area contributed by atoms with E-state index in [1.54, 1.807) is 6.07 Å². The van der Waals surface area contributed by atoms with Gasteiger partial charge in [-0.25, -0.2) is 9.38 Å². The highest BCUT2D eigenvalue weighted by atomic mass is 127. The number of nitrogens with two attached hydrogens (primary N) is 1. The molecule has 1 aromatic rings. The number of hydrogen-bond acceptors (Lipinski definition) is 2. The molecule has 0 radical (unpaired) electrons. The second kappa shape index (κ2) is 12.0. The van der Waals surface area contributed by atoms with Crippen LogP contribution in [0.5, 0.6) is 0 Å². The van der Waals surface area contributed by atoms with Crippen LogP contribution in [0.25, 0.3) is 0 Å². The Balaban J connectivity index is 0.00000529. The molecule has 0 bridgehead atoms. The minimum absolute atomic E-state index is 0. The van der Waals surface area contributed by atoms with E-state index in [4.69, 9.17) is 5.73 Å². The van der Waals surface area contributed by atoms with Gasteiger partial charge >= 0.3 is 0 Å². The molecule has 4 N–H and O–H groups in total. The van der Waals surface area contributed by atoms with Gasteiger partial charge in [-0.1, -0.05) is 32.8 Å². The van der Waals surface area contributed by atoms with Gasteiger partial charge in [0, 0.05) is 11.7 Å². The van der Waals surface area contributed by atoms with Crippen molar-refractivity contribution in [3.8, 4) is 0 Å². The van der Waals surface area contributed by atoms with Crippen LogP contribution in [0.3, 0.4) is 0 Å². The van der Waals surface area contributed by atoms with E-state index in [9.17, 15) is 9.18 Å². The summed E-state index contributed by atoms with van der Waals surface area (Å²) < 4.78 is 13.0. The van der Waals surface area contributed by atoms with E-state index in [0.717, 1.165) is 12.8 Å². The van der Waals surface area contributed by atoms with E-state index in [0.29, 0.717) is 11.6 Å². The van der Waals surface area contributed by atoms with Crippen molar-refractivity contribution < 1.29 is 9.18 Å². The Morgan fingerprint density at radius 2 is 2.00 bits per heavy atom. The number of amides is 1. The van der Waals surface area contributed by atoms with Crippen LogP contribution in [0.2, 0.25) is 0 Å². The number of nitrogens with one attached hydrogen (secondary N) is 2. The fraction of sp³-hybridized carbons (Fsp3) is 0.529. The van der Waals surface area contributed by atoms with Crippen molar-refractivity contribution in [3.05, 3.63) is 30.1 Å². The Bertz CT molecular complexity index is 537. The first-order valence-electron chi connectivity index (χ1n) is 7.98. The smallest absolute Gasteiger partial charge is 0.246 e. The fourth-order valence-corrected chi connectivity index (χ4v) is 2.13. The zero-order valence-electron chi connectivity index (χ0n) is 14.5. The molecule has 0 aliphatic rings. The summed E-state index contributed by atoms with van der Waals surface area (Å²) in [6.45, 7) is 6.33. The van der Waals surface area contributed by atoms with Gasteiger partial charge in [0.1, 0.15) is 12.4 Å². The van der Waals surface area contributed by atoms with Gasteiger partial charge in [0.05, 0.1) is 0 Å². The highest BCUT2D eigenvalue weighted by molar-refractivity contribution is 14.0. The molecular weight excluding hydrogens is 422 g/mol. The van der Waals surface area contributed by atoms with Crippen LogP contribution in [-0.2, 0) is 4.79 Å². The average Bonchev–Trinajstić information content (AvgIpc) is 2.44. The van der Waals surface area contributed by atoms with Gasteiger partial charge < -0.3 is 16.4 Å². The first-order valence-corrected chi connectivity index (χ1v) is 7.98. The summed E-state index contributed by atoms with van der Waals surface area (Å²) in [5, 5.41) is 5.64. The molecular formula is C17H28FIN4O. The minimum Gasteiger partial charge on any atom is -0.370 e. The quantitative estimate of drug-likeness (QED) is 0.322. The van der Waals surface area contributed by atoms with E-state index in [2.05, 4.69) is 29.5 Å².